The number of pyridine rings is 2. The third-order valence-electron chi connectivity index (χ3n) is 8.35. The van der Waals surface area contributed by atoms with E-state index >= 15 is 0 Å². The summed E-state index contributed by atoms with van der Waals surface area (Å²) in [4.78, 5) is 9.85. The Morgan fingerprint density at radius 2 is 1.37 bits per heavy atom. The summed E-state index contributed by atoms with van der Waals surface area (Å²) in [6.07, 6.45) is 1.85. The molecule has 1 N–H and O–H groups in total. The van der Waals surface area contributed by atoms with Crippen LogP contribution in [0.1, 0.15) is 0 Å². The Hall–Kier alpha value is -5.05. The Morgan fingerprint density at radius 1 is 0.605 bits per heavy atom. The molecule has 206 valence electrons. The molecule has 5 heteroatoms. The maximum atomic E-state index is 10.8. The molecular formula is C38H22N3OPt-. The predicted octanol–water partition coefficient (Wildman–Crippen LogP) is 9.28. The second-order valence-electron chi connectivity index (χ2n) is 10.8. The molecule has 0 saturated heterocycles. The molecule has 9 aromatic rings. The van der Waals surface area contributed by atoms with Gasteiger partial charge in [0, 0.05) is 43.6 Å². The molecule has 0 aliphatic carbocycles. The minimum atomic E-state index is 0. The fourth-order valence-corrected chi connectivity index (χ4v) is 6.39. The zero-order valence-electron chi connectivity index (χ0n) is 22.7. The van der Waals surface area contributed by atoms with Gasteiger partial charge >= 0.3 is 0 Å². The molecule has 0 saturated carbocycles. The average Bonchev–Trinajstić information content (AvgIpc) is 3.56. The van der Waals surface area contributed by atoms with Crippen LogP contribution < -0.4 is 0 Å². The Morgan fingerprint density at radius 3 is 2.26 bits per heavy atom. The fraction of sp³-hybridized carbons (Fsp3) is 0. The summed E-state index contributed by atoms with van der Waals surface area (Å²) in [6, 6.07) is 45.0. The van der Waals surface area contributed by atoms with Gasteiger partial charge in [-0.05, 0) is 74.9 Å². The van der Waals surface area contributed by atoms with Crippen LogP contribution in [0.15, 0.2) is 128 Å². The van der Waals surface area contributed by atoms with Crippen molar-refractivity contribution in [3.63, 3.8) is 0 Å². The van der Waals surface area contributed by atoms with Crippen LogP contribution in [-0.2, 0) is 21.1 Å². The van der Waals surface area contributed by atoms with Crippen molar-refractivity contribution in [3.05, 3.63) is 134 Å². The first-order valence-electron chi connectivity index (χ1n) is 14.0. The molecule has 0 amide bonds. The van der Waals surface area contributed by atoms with Gasteiger partial charge in [-0.2, -0.15) is 0 Å². The molecule has 0 radical (unpaired) electrons. The molecule has 4 aromatic heterocycles. The minimum Gasteiger partial charge on any atom is -0.507 e. The van der Waals surface area contributed by atoms with Crippen LogP contribution in [0.4, 0.5) is 0 Å². The third kappa shape index (κ3) is 3.87. The number of aromatic nitrogens is 3. The maximum absolute atomic E-state index is 10.8. The van der Waals surface area contributed by atoms with Crippen molar-refractivity contribution >= 4 is 49.0 Å². The van der Waals surface area contributed by atoms with E-state index in [1.165, 1.54) is 27.1 Å². The van der Waals surface area contributed by atoms with E-state index in [0.29, 0.717) is 11.3 Å². The van der Waals surface area contributed by atoms with Gasteiger partial charge in [-0.1, -0.05) is 78.2 Å². The van der Waals surface area contributed by atoms with Gasteiger partial charge in [-0.15, -0.1) is 23.8 Å². The van der Waals surface area contributed by atoms with Crippen molar-refractivity contribution in [3.8, 4) is 39.4 Å². The summed E-state index contributed by atoms with van der Waals surface area (Å²) in [6.45, 7) is 0. The summed E-state index contributed by atoms with van der Waals surface area (Å²) in [5.41, 5.74) is 8.27. The first kappa shape index (κ1) is 25.6. The Balaban J connectivity index is 0.00000278. The number of aromatic hydroxyl groups is 1. The monoisotopic (exact) mass is 731 g/mol. The van der Waals surface area contributed by atoms with E-state index in [2.05, 4.69) is 101 Å². The van der Waals surface area contributed by atoms with Crippen LogP contribution in [0.2, 0.25) is 0 Å². The molecule has 0 spiro atoms. The number of phenols is 1. The zero-order chi connectivity index (χ0) is 27.8. The Bertz CT molecular complexity index is 2500. The van der Waals surface area contributed by atoms with E-state index in [0.717, 1.165) is 44.3 Å². The molecule has 0 aliphatic rings. The van der Waals surface area contributed by atoms with Crippen molar-refractivity contribution in [2.24, 2.45) is 0 Å². The normalized spacial score (nSPS) is 11.6. The smallest absolute Gasteiger partial charge is 0.144 e. The van der Waals surface area contributed by atoms with Gasteiger partial charge in [0.2, 0.25) is 0 Å². The van der Waals surface area contributed by atoms with Crippen molar-refractivity contribution in [1.82, 2.24) is 14.4 Å². The van der Waals surface area contributed by atoms with Crippen LogP contribution in [-0.4, -0.2) is 19.5 Å². The summed E-state index contributed by atoms with van der Waals surface area (Å²) in [5.74, 6) is 0.201. The number of benzene rings is 5. The van der Waals surface area contributed by atoms with E-state index in [4.69, 9.17) is 9.97 Å². The van der Waals surface area contributed by atoms with Gasteiger partial charge in [0.25, 0.3) is 0 Å². The Kier molecular flexibility index (Phi) is 5.82. The van der Waals surface area contributed by atoms with Gasteiger partial charge in [0.1, 0.15) is 11.4 Å². The number of nitrogens with zero attached hydrogens (tertiary/aromatic N) is 3. The van der Waals surface area contributed by atoms with Gasteiger partial charge in [-0.25, -0.2) is 4.98 Å². The number of fused-ring (bicyclic) bond motifs is 7. The largest absolute Gasteiger partial charge is 0.507 e. The van der Waals surface area contributed by atoms with Crippen LogP contribution in [0.5, 0.6) is 5.75 Å². The van der Waals surface area contributed by atoms with Crippen molar-refractivity contribution in [2.45, 2.75) is 0 Å². The first-order chi connectivity index (χ1) is 20.7. The van der Waals surface area contributed by atoms with E-state index < -0.39 is 0 Å². The van der Waals surface area contributed by atoms with Crippen molar-refractivity contribution in [1.29, 1.82) is 0 Å². The second kappa shape index (κ2) is 9.76. The van der Waals surface area contributed by atoms with Crippen LogP contribution in [0, 0.1) is 6.07 Å². The number of hydrogen-bond acceptors (Lipinski definition) is 3. The molecular weight excluding hydrogens is 710 g/mol. The Labute approximate surface area is 261 Å². The number of phenolic OH excluding ortho intramolecular Hbond substituents is 1. The predicted molar refractivity (Wildman–Crippen MR) is 171 cm³/mol. The van der Waals surface area contributed by atoms with E-state index in [1.807, 2.05) is 30.5 Å². The zero-order valence-corrected chi connectivity index (χ0v) is 25.0. The van der Waals surface area contributed by atoms with Gasteiger partial charge in [0.05, 0.1) is 11.2 Å². The van der Waals surface area contributed by atoms with E-state index in [-0.39, 0.29) is 26.8 Å². The molecule has 0 bridgehead atoms. The molecule has 0 fully saturated rings. The van der Waals surface area contributed by atoms with Gasteiger partial charge in [0.15, 0.2) is 0 Å². The SMILES string of the molecule is Oc1ccccc1-c1cc(-c2ccc3ccccc3c2)cc(-c2[c-]c3c(cc2)c2cccc4c5cccnc5n3c24)n1.[Pt]. The third-order valence-corrected chi connectivity index (χ3v) is 8.35. The molecule has 0 atom stereocenters. The van der Waals surface area contributed by atoms with Crippen molar-refractivity contribution < 1.29 is 26.2 Å². The topological polar surface area (TPSA) is 50.4 Å². The van der Waals surface area contributed by atoms with Gasteiger partial charge in [-0.3, -0.25) is 4.98 Å². The molecule has 4 nitrogen and oxygen atoms in total. The molecule has 5 aromatic carbocycles. The summed E-state index contributed by atoms with van der Waals surface area (Å²) in [7, 11) is 0. The van der Waals surface area contributed by atoms with E-state index in [1.54, 1.807) is 6.07 Å². The summed E-state index contributed by atoms with van der Waals surface area (Å²) in [5, 5.41) is 17.8. The second-order valence-corrected chi connectivity index (χ2v) is 10.8. The minimum absolute atomic E-state index is 0. The quantitative estimate of drug-likeness (QED) is 0.185. The average molecular weight is 732 g/mol. The molecule has 9 rings (SSSR count). The summed E-state index contributed by atoms with van der Waals surface area (Å²) >= 11 is 0. The van der Waals surface area contributed by atoms with Gasteiger partial charge < -0.3 is 9.51 Å². The molecule has 43 heavy (non-hydrogen) atoms. The summed E-state index contributed by atoms with van der Waals surface area (Å²) < 4.78 is 2.23. The number of para-hydroxylation sites is 2. The molecule has 0 aliphatic heterocycles. The number of hydrogen-bond donors (Lipinski definition) is 1. The van der Waals surface area contributed by atoms with Crippen molar-refractivity contribution in [2.75, 3.05) is 0 Å². The fourth-order valence-electron chi connectivity index (χ4n) is 6.39. The van der Waals surface area contributed by atoms with Crippen LogP contribution in [0.25, 0.3) is 82.6 Å². The first-order valence-corrected chi connectivity index (χ1v) is 14.0. The standard InChI is InChI=1S/C38H22N3O.Pt/c42-36-13-4-3-9-32(36)34-21-27(25-15-14-23-7-1-2-8-24(23)19-25)20-33(40-34)26-16-17-28-29-10-5-11-30-31-12-6-18-39-38(31)41(37(29)30)35(28)22-26;/h1-21,42H;/q-1;. The molecule has 0 unspecified atom stereocenters. The molecule has 4 heterocycles. The van der Waals surface area contributed by atoms with E-state index in [9.17, 15) is 5.11 Å². The number of rotatable bonds is 3. The van der Waals surface area contributed by atoms with Crippen LogP contribution >= 0.6 is 0 Å². The maximum Gasteiger partial charge on any atom is 0.144 e. The van der Waals surface area contributed by atoms with Crippen LogP contribution in [0.3, 0.4) is 0 Å².